The van der Waals surface area contributed by atoms with E-state index in [1.165, 1.54) is 18.2 Å². The first-order valence-electron chi connectivity index (χ1n) is 3.86. The number of hydrogen-bond donors (Lipinski definition) is 1. The average molecular weight is 262 g/mol. The van der Waals surface area contributed by atoms with E-state index in [0.717, 1.165) is 0 Å². The van der Waals surface area contributed by atoms with Crippen LogP contribution in [0.25, 0.3) is 0 Å². The Hall–Kier alpha value is -1.17. The number of aliphatic carboxylic acids is 1. The fourth-order valence-corrected chi connectivity index (χ4v) is 2.00. The van der Waals surface area contributed by atoms with E-state index >= 15 is 0 Å². The first-order valence-corrected chi connectivity index (χ1v) is 4.65. The van der Waals surface area contributed by atoms with Crippen molar-refractivity contribution >= 4 is 21.9 Å². The summed E-state index contributed by atoms with van der Waals surface area (Å²) in [6, 6.07) is -1.04. The molecule has 0 aliphatic heterocycles. The summed E-state index contributed by atoms with van der Waals surface area (Å²) in [4.78, 5) is 20.7. The number of halogens is 1. The molecule has 0 spiro atoms. The molecule has 0 aromatic carbocycles. The van der Waals surface area contributed by atoms with Gasteiger partial charge in [0.1, 0.15) is 4.32 Å². The van der Waals surface area contributed by atoms with Crippen molar-refractivity contribution in [1.82, 2.24) is 0 Å². The van der Waals surface area contributed by atoms with Crippen LogP contribution in [0.2, 0.25) is 0 Å². The van der Waals surface area contributed by atoms with Gasteiger partial charge < -0.3 is 5.11 Å². The van der Waals surface area contributed by atoms with Crippen molar-refractivity contribution in [2.75, 3.05) is 0 Å². The maximum atomic E-state index is 10.6. The lowest BCUT2D eigenvalue weighted by molar-refractivity contribution is -0.512. The molecule has 1 rings (SSSR count). The molecule has 0 radical (unpaired) electrons. The van der Waals surface area contributed by atoms with Crippen molar-refractivity contribution < 1.29 is 14.8 Å². The molecule has 14 heavy (non-hydrogen) atoms. The zero-order chi connectivity index (χ0) is 10.8. The SMILES string of the molecule is O=C(O)CC1(Br)C=CC=CC1[N+](=O)[O-]. The van der Waals surface area contributed by atoms with E-state index in [1.807, 2.05) is 0 Å². The lowest BCUT2D eigenvalue weighted by Gasteiger charge is -2.25. The minimum atomic E-state index is -1.11. The van der Waals surface area contributed by atoms with Gasteiger partial charge in [0.2, 0.25) is 0 Å². The monoisotopic (exact) mass is 261 g/mol. The van der Waals surface area contributed by atoms with Crippen molar-refractivity contribution in [2.45, 2.75) is 16.8 Å². The van der Waals surface area contributed by atoms with Crippen LogP contribution in [-0.4, -0.2) is 26.4 Å². The molecule has 1 N–H and O–H groups in total. The Bertz CT molecular complexity index is 325. The Balaban J connectivity index is 2.93. The summed E-state index contributed by atoms with van der Waals surface area (Å²) in [5.74, 6) is -1.08. The van der Waals surface area contributed by atoms with Crippen LogP contribution in [0, 0.1) is 10.1 Å². The molecule has 5 nitrogen and oxygen atoms in total. The second-order valence-electron chi connectivity index (χ2n) is 2.97. The second kappa shape index (κ2) is 3.91. The highest BCUT2D eigenvalue weighted by Gasteiger charge is 2.44. The Kier molecular flexibility index (Phi) is 3.05. The number of alkyl halides is 1. The molecule has 2 unspecified atom stereocenters. The second-order valence-corrected chi connectivity index (χ2v) is 4.45. The number of rotatable bonds is 3. The highest BCUT2D eigenvalue weighted by atomic mass is 79.9. The van der Waals surface area contributed by atoms with E-state index in [0.29, 0.717) is 0 Å². The summed E-state index contributed by atoms with van der Waals surface area (Å²) in [5, 5.41) is 19.3. The highest BCUT2D eigenvalue weighted by Crippen LogP contribution is 2.33. The summed E-state index contributed by atoms with van der Waals surface area (Å²) in [6.07, 6.45) is 5.68. The predicted octanol–water partition coefficient (Wildman–Crippen LogP) is 1.37. The van der Waals surface area contributed by atoms with Gasteiger partial charge in [0.05, 0.1) is 6.42 Å². The zero-order valence-electron chi connectivity index (χ0n) is 7.09. The average Bonchev–Trinajstić information content (AvgIpc) is 2.01. The van der Waals surface area contributed by atoms with Gasteiger partial charge in [-0.3, -0.25) is 14.9 Å². The highest BCUT2D eigenvalue weighted by molar-refractivity contribution is 9.10. The third kappa shape index (κ3) is 2.20. The first-order chi connectivity index (χ1) is 6.46. The standard InChI is InChI=1S/C8H8BrNO4/c9-8(5-7(11)12)4-2-1-3-6(8)10(13)14/h1-4,6H,5H2,(H,11,12). The summed E-state index contributed by atoms with van der Waals surface area (Å²) in [6.45, 7) is 0. The number of carboxylic acid groups (broad SMARTS) is 1. The predicted molar refractivity (Wildman–Crippen MR) is 53.0 cm³/mol. The van der Waals surface area contributed by atoms with E-state index in [9.17, 15) is 14.9 Å². The fourth-order valence-electron chi connectivity index (χ4n) is 1.28. The molecule has 0 heterocycles. The van der Waals surface area contributed by atoms with E-state index in [1.54, 1.807) is 6.08 Å². The minimum Gasteiger partial charge on any atom is -0.481 e. The van der Waals surface area contributed by atoms with E-state index < -0.39 is 21.3 Å². The molecule has 76 valence electrons. The van der Waals surface area contributed by atoms with Gasteiger partial charge in [-0.2, -0.15) is 0 Å². The van der Waals surface area contributed by atoms with Crippen molar-refractivity contribution in [3.8, 4) is 0 Å². The smallest absolute Gasteiger partial charge is 0.305 e. The molecule has 0 saturated carbocycles. The zero-order valence-corrected chi connectivity index (χ0v) is 8.68. The summed E-state index contributed by atoms with van der Waals surface area (Å²) < 4.78 is -1.11. The summed E-state index contributed by atoms with van der Waals surface area (Å²) in [5.41, 5.74) is 0. The van der Waals surface area contributed by atoms with Gasteiger partial charge in [-0.05, 0) is 6.08 Å². The van der Waals surface area contributed by atoms with Crippen LogP contribution >= 0.6 is 15.9 Å². The molecule has 1 aliphatic carbocycles. The van der Waals surface area contributed by atoms with Gasteiger partial charge >= 0.3 is 5.97 Å². The van der Waals surface area contributed by atoms with Crippen molar-refractivity contribution in [3.63, 3.8) is 0 Å². The maximum Gasteiger partial charge on any atom is 0.305 e. The van der Waals surface area contributed by atoms with Crippen molar-refractivity contribution in [3.05, 3.63) is 34.4 Å². The molecule has 1 aliphatic rings. The normalized spacial score (nSPS) is 30.2. The molecule has 0 bridgehead atoms. The molecule has 0 amide bonds. The number of nitro groups is 1. The minimum absolute atomic E-state index is 0.320. The first kappa shape index (κ1) is 10.9. The van der Waals surface area contributed by atoms with Crippen LogP contribution in [-0.2, 0) is 4.79 Å². The molecule has 0 saturated heterocycles. The number of carboxylic acids is 1. The molecular weight excluding hydrogens is 254 g/mol. The number of carbonyl (C=O) groups is 1. The van der Waals surface area contributed by atoms with Gasteiger partial charge in [-0.25, -0.2) is 0 Å². The summed E-state index contributed by atoms with van der Waals surface area (Å²) >= 11 is 3.10. The third-order valence-electron chi connectivity index (χ3n) is 1.92. The van der Waals surface area contributed by atoms with Gasteiger partial charge in [-0.15, -0.1) is 0 Å². The van der Waals surface area contributed by atoms with E-state index in [-0.39, 0.29) is 6.42 Å². The molecular formula is C8H8BrNO4. The molecule has 0 aromatic heterocycles. The number of hydrogen-bond acceptors (Lipinski definition) is 3. The number of nitrogens with zero attached hydrogens (tertiary/aromatic N) is 1. The van der Waals surface area contributed by atoms with Crippen LogP contribution in [0.1, 0.15) is 6.42 Å². The van der Waals surface area contributed by atoms with Gasteiger partial charge in [-0.1, -0.05) is 34.2 Å². The lowest BCUT2D eigenvalue weighted by atomic mass is 9.92. The van der Waals surface area contributed by atoms with Crippen LogP contribution in [0.5, 0.6) is 0 Å². The van der Waals surface area contributed by atoms with Crippen molar-refractivity contribution in [2.24, 2.45) is 0 Å². The molecule has 6 heteroatoms. The largest absolute Gasteiger partial charge is 0.481 e. The van der Waals surface area contributed by atoms with E-state index in [2.05, 4.69) is 15.9 Å². The number of allylic oxidation sites excluding steroid dienone is 2. The van der Waals surface area contributed by atoms with Crippen LogP contribution in [0.4, 0.5) is 0 Å². The van der Waals surface area contributed by atoms with Gasteiger partial charge in [0.15, 0.2) is 0 Å². The third-order valence-corrected chi connectivity index (χ3v) is 2.93. The van der Waals surface area contributed by atoms with Crippen molar-refractivity contribution in [1.29, 1.82) is 0 Å². The van der Waals surface area contributed by atoms with E-state index in [4.69, 9.17) is 5.11 Å². The molecule has 2 atom stereocenters. The Morgan fingerprint density at radius 3 is 2.79 bits per heavy atom. The van der Waals surface area contributed by atoms with Gasteiger partial charge in [0, 0.05) is 4.92 Å². The van der Waals surface area contributed by atoms with Crippen LogP contribution in [0.15, 0.2) is 24.3 Å². The lowest BCUT2D eigenvalue weighted by Crippen LogP contribution is -2.41. The van der Waals surface area contributed by atoms with Crippen LogP contribution < -0.4 is 0 Å². The molecule has 0 fully saturated rings. The topological polar surface area (TPSA) is 80.4 Å². The maximum absolute atomic E-state index is 10.6. The quantitative estimate of drug-likeness (QED) is 0.473. The summed E-state index contributed by atoms with van der Waals surface area (Å²) in [7, 11) is 0. The Morgan fingerprint density at radius 1 is 1.64 bits per heavy atom. The molecule has 0 aromatic rings. The Morgan fingerprint density at radius 2 is 2.29 bits per heavy atom. The Labute approximate surface area is 88.4 Å². The van der Waals surface area contributed by atoms with Gasteiger partial charge in [0.25, 0.3) is 6.04 Å². The van der Waals surface area contributed by atoms with Crippen LogP contribution in [0.3, 0.4) is 0 Å². The fraction of sp³-hybridized carbons (Fsp3) is 0.375.